The molecular formula is C24H52O4. The van der Waals surface area contributed by atoms with Gasteiger partial charge < -0.3 is 18.9 Å². The van der Waals surface area contributed by atoms with E-state index in [4.69, 9.17) is 18.9 Å². The Morgan fingerprint density at radius 2 is 0.714 bits per heavy atom. The van der Waals surface area contributed by atoms with Crippen LogP contribution in [0.2, 0.25) is 0 Å². The van der Waals surface area contributed by atoms with Gasteiger partial charge in [0.2, 0.25) is 0 Å². The van der Waals surface area contributed by atoms with E-state index < -0.39 is 0 Å². The molecule has 28 heavy (non-hydrogen) atoms. The van der Waals surface area contributed by atoms with Crippen LogP contribution in [0, 0.1) is 23.7 Å². The summed E-state index contributed by atoms with van der Waals surface area (Å²) in [6.07, 6.45) is 4.85. The van der Waals surface area contributed by atoms with Crippen molar-refractivity contribution in [3.63, 3.8) is 0 Å². The lowest BCUT2D eigenvalue weighted by atomic mass is 10.1. The molecular weight excluding hydrogens is 352 g/mol. The molecule has 0 N–H and O–H groups in total. The molecule has 0 atom stereocenters. The van der Waals surface area contributed by atoms with Gasteiger partial charge in [0.1, 0.15) is 0 Å². The molecule has 0 aromatic rings. The van der Waals surface area contributed by atoms with Gasteiger partial charge in [0.15, 0.2) is 0 Å². The van der Waals surface area contributed by atoms with Crippen LogP contribution in [0.25, 0.3) is 0 Å². The molecule has 0 bridgehead atoms. The molecule has 0 rings (SSSR count). The van der Waals surface area contributed by atoms with Crippen LogP contribution < -0.4 is 0 Å². The topological polar surface area (TPSA) is 36.9 Å². The monoisotopic (exact) mass is 404 g/mol. The van der Waals surface area contributed by atoms with Crippen molar-refractivity contribution in [1.29, 1.82) is 0 Å². The summed E-state index contributed by atoms with van der Waals surface area (Å²) in [6.45, 7) is 24.0. The van der Waals surface area contributed by atoms with E-state index in [-0.39, 0.29) is 0 Å². The number of hydrogen-bond donors (Lipinski definition) is 0. The molecule has 0 unspecified atom stereocenters. The van der Waals surface area contributed by atoms with E-state index in [1.807, 2.05) is 0 Å². The Morgan fingerprint density at radius 1 is 0.393 bits per heavy atom. The van der Waals surface area contributed by atoms with E-state index in [1.54, 1.807) is 0 Å². The Balaban J connectivity index is 0. The highest BCUT2D eigenvalue weighted by Gasteiger charge is 1.97. The lowest BCUT2D eigenvalue weighted by Crippen LogP contribution is -2.09. The smallest absolute Gasteiger partial charge is 0.0700 e. The summed E-state index contributed by atoms with van der Waals surface area (Å²) >= 11 is 0. The fraction of sp³-hybridized carbons (Fsp3) is 1.00. The van der Waals surface area contributed by atoms with Crippen LogP contribution in [0.5, 0.6) is 0 Å². The minimum Gasteiger partial charge on any atom is -0.379 e. The first-order valence-corrected chi connectivity index (χ1v) is 11.6. The average Bonchev–Trinajstić information content (AvgIpc) is 2.59. The van der Waals surface area contributed by atoms with Gasteiger partial charge in [-0.25, -0.2) is 0 Å². The summed E-state index contributed by atoms with van der Waals surface area (Å²) in [7, 11) is 0. The van der Waals surface area contributed by atoms with Gasteiger partial charge in [-0.05, 0) is 49.4 Å². The zero-order chi connectivity index (χ0) is 21.6. The Kier molecular flexibility index (Phi) is 24.8. The van der Waals surface area contributed by atoms with Crippen LogP contribution in [-0.4, -0.2) is 52.9 Å². The molecule has 0 amide bonds. The molecule has 0 spiro atoms. The van der Waals surface area contributed by atoms with Crippen molar-refractivity contribution in [1.82, 2.24) is 0 Å². The summed E-state index contributed by atoms with van der Waals surface area (Å²) in [6, 6.07) is 0. The maximum absolute atomic E-state index is 5.44. The molecule has 0 saturated heterocycles. The van der Waals surface area contributed by atoms with E-state index >= 15 is 0 Å². The second kappa shape index (κ2) is 23.1. The third-order valence-electron chi connectivity index (χ3n) is 3.79. The highest BCUT2D eigenvalue weighted by atomic mass is 16.5. The summed E-state index contributed by atoms with van der Waals surface area (Å²) in [5.41, 5.74) is 0. The lowest BCUT2D eigenvalue weighted by Gasteiger charge is -2.08. The van der Waals surface area contributed by atoms with Crippen LogP contribution in [0.4, 0.5) is 0 Å². The van der Waals surface area contributed by atoms with Crippen molar-refractivity contribution in [3.05, 3.63) is 0 Å². The quantitative estimate of drug-likeness (QED) is 0.254. The van der Waals surface area contributed by atoms with E-state index in [2.05, 4.69) is 55.4 Å². The Morgan fingerprint density at radius 3 is 1.00 bits per heavy atom. The van der Waals surface area contributed by atoms with Crippen LogP contribution in [0.15, 0.2) is 0 Å². The Hall–Kier alpha value is -0.160. The van der Waals surface area contributed by atoms with E-state index in [0.29, 0.717) is 11.8 Å². The van der Waals surface area contributed by atoms with Gasteiger partial charge >= 0.3 is 0 Å². The van der Waals surface area contributed by atoms with E-state index in [9.17, 15) is 0 Å². The summed E-state index contributed by atoms with van der Waals surface area (Å²) < 4.78 is 21.7. The Bertz CT molecular complexity index is 222. The molecule has 0 radical (unpaired) electrons. The van der Waals surface area contributed by atoms with Crippen molar-refractivity contribution >= 4 is 0 Å². The van der Waals surface area contributed by atoms with Gasteiger partial charge in [0, 0.05) is 26.4 Å². The second-order valence-corrected chi connectivity index (χ2v) is 9.23. The number of hydrogen-bond acceptors (Lipinski definition) is 4. The summed E-state index contributed by atoms with van der Waals surface area (Å²) in [4.78, 5) is 0. The molecule has 0 saturated carbocycles. The third-order valence-corrected chi connectivity index (χ3v) is 3.79. The maximum atomic E-state index is 5.44. The molecule has 0 aliphatic heterocycles. The molecule has 0 aliphatic carbocycles. The second-order valence-electron chi connectivity index (χ2n) is 9.23. The molecule has 0 aromatic heterocycles. The minimum absolute atomic E-state index is 0.621. The van der Waals surface area contributed by atoms with Crippen molar-refractivity contribution in [2.75, 3.05) is 52.9 Å². The standard InChI is InChI=1S/2C12H26O2/c2*1-11(2)6-5-7-13-8-9-14-10-12(3)4/h2*11-12H,5-10H2,1-4H3. The van der Waals surface area contributed by atoms with Gasteiger partial charge in [-0.2, -0.15) is 0 Å². The predicted octanol–water partition coefficient (Wildman–Crippen LogP) is 6.22. The summed E-state index contributed by atoms with van der Waals surface area (Å²) in [5.74, 6) is 2.82. The first-order valence-electron chi connectivity index (χ1n) is 11.6. The van der Waals surface area contributed by atoms with E-state index in [1.165, 1.54) is 25.7 Å². The van der Waals surface area contributed by atoms with Crippen molar-refractivity contribution in [2.45, 2.75) is 81.1 Å². The van der Waals surface area contributed by atoms with Crippen LogP contribution >= 0.6 is 0 Å². The predicted molar refractivity (Wildman–Crippen MR) is 121 cm³/mol. The van der Waals surface area contributed by atoms with Crippen molar-refractivity contribution in [2.24, 2.45) is 23.7 Å². The summed E-state index contributed by atoms with van der Waals surface area (Å²) in [5, 5.41) is 0. The molecule has 4 nitrogen and oxygen atoms in total. The maximum Gasteiger partial charge on any atom is 0.0700 e. The fourth-order valence-electron chi connectivity index (χ4n) is 2.27. The molecule has 0 aliphatic rings. The molecule has 172 valence electrons. The minimum atomic E-state index is 0.621. The van der Waals surface area contributed by atoms with Crippen LogP contribution in [0.1, 0.15) is 81.1 Å². The number of rotatable bonds is 18. The zero-order valence-corrected chi connectivity index (χ0v) is 20.4. The van der Waals surface area contributed by atoms with Gasteiger partial charge in [0.25, 0.3) is 0 Å². The van der Waals surface area contributed by atoms with E-state index in [0.717, 1.165) is 64.7 Å². The lowest BCUT2D eigenvalue weighted by molar-refractivity contribution is 0.0360. The molecule has 4 heteroatoms. The molecule has 0 heterocycles. The fourth-order valence-corrected chi connectivity index (χ4v) is 2.27. The van der Waals surface area contributed by atoms with Crippen molar-refractivity contribution in [3.8, 4) is 0 Å². The highest BCUT2D eigenvalue weighted by Crippen LogP contribution is 2.03. The number of ether oxygens (including phenoxy) is 4. The van der Waals surface area contributed by atoms with Gasteiger partial charge in [0.05, 0.1) is 26.4 Å². The largest absolute Gasteiger partial charge is 0.379 e. The van der Waals surface area contributed by atoms with Gasteiger partial charge in [-0.15, -0.1) is 0 Å². The zero-order valence-electron chi connectivity index (χ0n) is 20.4. The SMILES string of the molecule is CC(C)CCCOCCOCC(C)C.CC(C)CCCOCCOCC(C)C. The normalized spacial score (nSPS) is 11.6. The van der Waals surface area contributed by atoms with Gasteiger partial charge in [-0.1, -0.05) is 55.4 Å². The molecule has 0 fully saturated rings. The first kappa shape index (κ1) is 30.0. The highest BCUT2D eigenvalue weighted by molar-refractivity contribution is 4.46. The third kappa shape index (κ3) is 33.4. The molecule has 0 aromatic carbocycles. The Labute approximate surface area is 177 Å². The first-order chi connectivity index (χ1) is 13.3. The van der Waals surface area contributed by atoms with Crippen LogP contribution in [-0.2, 0) is 18.9 Å². The van der Waals surface area contributed by atoms with Gasteiger partial charge in [-0.3, -0.25) is 0 Å². The van der Waals surface area contributed by atoms with Crippen molar-refractivity contribution < 1.29 is 18.9 Å². The van der Waals surface area contributed by atoms with Crippen LogP contribution in [0.3, 0.4) is 0 Å². The average molecular weight is 405 g/mol.